The summed E-state index contributed by atoms with van der Waals surface area (Å²) in [7, 11) is 0. The van der Waals surface area contributed by atoms with Crippen molar-refractivity contribution in [2.75, 3.05) is 5.32 Å². The Bertz CT molecular complexity index is 843. The summed E-state index contributed by atoms with van der Waals surface area (Å²) in [5.74, 6) is -0.481. The number of para-hydroxylation sites is 2. The number of fused-ring (bicyclic) bond motifs is 1. The monoisotopic (exact) mass is 373 g/mol. The molecule has 0 aliphatic heterocycles. The van der Waals surface area contributed by atoms with E-state index in [0.717, 1.165) is 22.8 Å². The molecule has 2 heterocycles. The van der Waals surface area contributed by atoms with E-state index in [9.17, 15) is 18.0 Å². The van der Waals surface area contributed by atoms with Crippen LogP contribution in [0.3, 0.4) is 0 Å². The van der Waals surface area contributed by atoms with Gasteiger partial charge in [-0.25, -0.2) is 4.98 Å². The van der Waals surface area contributed by atoms with Crippen LogP contribution in [0.1, 0.15) is 11.9 Å². The Morgan fingerprint density at radius 2 is 2.08 bits per heavy atom. The van der Waals surface area contributed by atoms with Crippen LogP contribution >= 0.6 is 23.1 Å². The van der Waals surface area contributed by atoms with Gasteiger partial charge in [0, 0.05) is 0 Å². The lowest BCUT2D eigenvalue weighted by Gasteiger charge is -2.07. The van der Waals surface area contributed by atoms with Gasteiger partial charge in [0.2, 0.25) is 16.0 Å². The Labute approximate surface area is 141 Å². The second-order valence-corrected chi connectivity index (χ2v) is 7.03. The summed E-state index contributed by atoms with van der Waals surface area (Å²) >= 11 is 1.45. The molecular weight excluding hydrogens is 363 g/mol. The summed E-state index contributed by atoms with van der Waals surface area (Å²) in [5.41, 5.74) is 1.61. The molecule has 2 N–H and O–H groups in total. The second-order valence-electron chi connectivity index (χ2n) is 4.72. The molecule has 126 valence electrons. The molecule has 0 aliphatic rings. The molecule has 6 nitrogen and oxygen atoms in total. The van der Waals surface area contributed by atoms with Crippen LogP contribution in [-0.2, 0) is 11.0 Å². The average Bonchev–Trinajstić information content (AvgIpc) is 3.12. The van der Waals surface area contributed by atoms with Gasteiger partial charge in [-0.15, -0.1) is 10.2 Å². The first-order valence-corrected chi connectivity index (χ1v) is 8.35. The summed E-state index contributed by atoms with van der Waals surface area (Å²) in [4.78, 5) is 19.5. The van der Waals surface area contributed by atoms with Crippen molar-refractivity contribution < 1.29 is 18.0 Å². The maximum Gasteiger partial charge on any atom is 0.445 e. The van der Waals surface area contributed by atoms with Gasteiger partial charge in [-0.1, -0.05) is 35.2 Å². The SMILES string of the molecule is CC(Sc1nc2ccccc2[nH]1)C(=O)Nc1nnc(C(F)(F)F)s1. The molecule has 2 aromatic heterocycles. The standard InChI is InChI=1S/C13H10F3N5OS2/c1-6(23-11-17-7-4-2-3-5-8(7)18-11)9(22)19-12-21-20-10(24-12)13(14,15)16/h2-6H,1H3,(H,17,18)(H,19,21,22). The van der Waals surface area contributed by atoms with Crippen LogP contribution in [0.25, 0.3) is 11.0 Å². The molecule has 0 radical (unpaired) electrons. The molecule has 1 amide bonds. The summed E-state index contributed by atoms with van der Waals surface area (Å²) in [6, 6.07) is 7.40. The zero-order valence-electron chi connectivity index (χ0n) is 12.1. The van der Waals surface area contributed by atoms with Gasteiger partial charge in [0.05, 0.1) is 16.3 Å². The zero-order valence-corrected chi connectivity index (χ0v) is 13.7. The van der Waals surface area contributed by atoms with Crippen molar-refractivity contribution in [2.45, 2.75) is 23.5 Å². The van der Waals surface area contributed by atoms with Crippen LogP contribution in [0.4, 0.5) is 18.3 Å². The predicted molar refractivity (Wildman–Crippen MR) is 85.0 cm³/mol. The van der Waals surface area contributed by atoms with Gasteiger partial charge in [-0.05, 0) is 19.1 Å². The molecule has 0 saturated heterocycles. The van der Waals surface area contributed by atoms with Gasteiger partial charge in [0.25, 0.3) is 0 Å². The Morgan fingerprint density at radius 3 is 2.75 bits per heavy atom. The summed E-state index contributed by atoms with van der Waals surface area (Å²) in [6.45, 7) is 1.62. The number of amides is 1. The molecule has 1 unspecified atom stereocenters. The first-order valence-electron chi connectivity index (χ1n) is 6.66. The molecule has 0 saturated carbocycles. The number of nitrogens with one attached hydrogen (secondary N) is 2. The summed E-state index contributed by atoms with van der Waals surface area (Å²) in [6.07, 6.45) is -4.57. The van der Waals surface area contributed by atoms with E-state index < -0.39 is 22.3 Å². The van der Waals surface area contributed by atoms with Gasteiger partial charge >= 0.3 is 6.18 Å². The van der Waals surface area contributed by atoms with Crippen molar-refractivity contribution in [1.29, 1.82) is 0 Å². The molecule has 3 rings (SSSR count). The van der Waals surface area contributed by atoms with E-state index in [4.69, 9.17) is 0 Å². The average molecular weight is 373 g/mol. The van der Waals surface area contributed by atoms with Crippen molar-refractivity contribution in [3.63, 3.8) is 0 Å². The molecule has 11 heteroatoms. The summed E-state index contributed by atoms with van der Waals surface area (Å²) < 4.78 is 37.4. The lowest BCUT2D eigenvalue weighted by atomic mass is 10.3. The number of carbonyl (C=O) groups excluding carboxylic acids is 1. The van der Waals surface area contributed by atoms with Crippen LogP contribution in [0.5, 0.6) is 0 Å². The Balaban J connectivity index is 1.65. The maximum atomic E-state index is 12.5. The lowest BCUT2D eigenvalue weighted by molar-refractivity contribution is -0.138. The molecule has 24 heavy (non-hydrogen) atoms. The number of nitrogens with zero attached hydrogens (tertiary/aromatic N) is 3. The van der Waals surface area contributed by atoms with E-state index in [0.29, 0.717) is 5.16 Å². The Morgan fingerprint density at radius 1 is 1.33 bits per heavy atom. The number of rotatable bonds is 4. The molecule has 0 aliphatic carbocycles. The lowest BCUT2D eigenvalue weighted by Crippen LogP contribution is -2.22. The maximum absolute atomic E-state index is 12.5. The van der Waals surface area contributed by atoms with Gasteiger partial charge in [0.1, 0.15) is 0 Å². The zero-order chi connectivity index (χ0) is 17.3. The predicted octanol–water partition coefficient (Wildman–Crippen LogP) is 3.55. The van der Waals surface area contributed by atoms with Crippen molar-refractivity contribution in [3.8, 4) is 0 Å². The van der Waals surface area contributed by atoms with E-state index in [1.165, 1.54) is 0 Å². The third kappa shape index (κ3) is 3.67. The molecular formula is C13H10F3N5OS2. The number of halogens is 3. The van der Waals surface area contributed by atoms with E-state index in [-0.39, 0.29) is 16.5 Å². The molecule has 0 bridgehead atoms. The van der Waals surface area contributed by atoms with Crippen LogP contribution in [0.2, 0.25) is 0 Å². The minimum Gasteiger partial charge on any atom is -0.333 e. The van der Waals surface area contributed by atoms with Crippen LogP contribution in [0, 0.1) is 0 Å². The molecule has 0 spiro atoms. The second kappa shape index (κ2) is 6.40. The normalized spacial score (nSPS) is 13.2. The topological polar surface area (TPSA) is 83.6 Å². The highest BCUT2D eigenvalue weighted by Crippen LogP contribution is 2.33. The van der Waals surface area contributed by atoms with Crippen LogP contribution in [-0.4, -0.2) is 31.3 Å². The van der Waals surface area contributed by atoms with E-state index in [1.54, 1.807) is 6.92 Å². The minimum absolute atomic E-state index is 0.190. The van der Waals surface area contributed by atoms with Gasteiger partial charge in [0.15, 0.2) is 5.16 Å². The van der Waals surface area contributed by atoms with Gasteiger partial charge in [-0.2, -0.15) is 13.2 Å². The number of carbonyl (C=O) groups is 1. The van der Waals surface area contributed by atoms with E-state index in [1.807, 2.05) is 24.3 Å². The number of alkyl halides is 3. The van der Waals surface area contributed by atoms with E-state index in [2.05, 4.69) is 25.5 Å². The quantitative estimate of drug-likeness (QED) is 0.684. The number of hydrogen-bond acceptors (Lipinski definition) is 6. The van der Waals surface area contributed by atoms with Gasteiger partial charge < -0.3 is 4.98 Å². The van der Waals surface area contributed by atoms with Crippen LogP contribution < -0.4 is 5.32 Å². The molecule has 1 aromatic carbocycles. The van der Waals surface area contributed by atoms with Crippen molar-refractivity contribution in [2.24, 2.45) is 0 Å². The van der Waals surface area contributed by atoms with E-state index >= 15 is 0 Å². The molecule has 1 atom stereocenters. The number of aromatic amines is 1. The largest absolute Gasteiger partial charge is 0.445 e. The number of benzene rings is 1. The van der Waals surface area contributed by atoms with Crippen LogP contribution in [0.15, 0.2) is 29.4 Å². The van der Waals surface area contributed by atoms with Crippen molar-refractivity contribution in [1.82, 2.24) is 20.2 Å². The number of anilines is 1. The third-order valence-corrected chi connectivity index (χ3v) is 4.79. The first-order chi connectivity index (χ1) is 11.3. The smallest absolute Gasteiger partial charge is 0.333 e. The number of imidazole rings is 1. The number of aromatic nitrogens is 4. The number of hydrogen-bond donors (Lipinski definition) is 2. The molecule has 0 fully saturated rings. The first kappa shape index (κ1) is 16.7. The number of thioether (sulfide) groups is 1. The third-order valence-electron chi connectivity index (χ3n) is 2.92. The highest BCUT2D eigenvalue weighted by Gasteiger charge is 2.36. The Kier molecular flexibility index (Phi) is 4.45. The Hall–Kier alpha value is -2.14. The highest BCUT2D eigenvalue weighted by atomic mass is 32.2. The minimum atomic E-state index is -4.57. The summed E-state index contributed by atoms with van der Waals surface area (Å²) in [5, 5.41) is 7.36. The van der Waals surface area contributed by atoms with Crippen molar-refractivity contribution in [3.05, 3.63) is 29.3 Å². The molecule has 3 aromatic rings. The number of H-pyrrole nitrogens is 1. The van der Waals surface area contributed by atoms with Gasteiger partial charge in [-0.3, -0.25) is 10.1 Å². The fourth-order valence-corrected chi connectivity index (χ4v) is 3.24. The highest BCUT2D eigenvalue weighted by molar-refractivity contribution is 8.00. The van der Waals surface area contributed by atoms with Crippen molar-refractivity contribution >= 4 is 45.2 Å². The fourth-order valence-electron chi connectivity index (χ4n) is 1.80. The fraction of sp³-hybridized carbons (Fsp3) is 0.231.